The van der Waals surface area contributed by atoms with Crippen molar-refractivity contribution in [2.24, 2.45) is 0 Å². The Morgan fingerprint density at radius 3 is 2.86 bits per heavy atom. The normalized spacial score (nSPS) is 23.2. The van der Waals surface area contributed by atoms with E-state index in [1.54, 1.807) is 12.1 Å². The van der Waals surface area contributed by atoms with Crippen molar-refractivity contribution in [2.75, 3.05) is 42.6 Å². The number of carbonyl (C=O) groups excluding carboxylic acids is 1. The maximum atomic E-state index is 14.5. The number of ether oxygens (including phenoxy) is 2. The lowest BCUT2D eigenvalue weighted by molar-refractivity contribution is 0.0944. The van der Waals surface area contributed by atoms with Gasteiger partial charge in [0, 0.05) is 32.7 Å². The molecule has 2 saturated heterocycles. The smallest absolute Gasteiger partial charge is 0.414 e. The lowest BCUT2D eigenvalue weighted by Crippen LogP contribution is -2.41. The van der Waals surface area contributed by atoms with Crippen LogP contribution in [0.5, 0.6) is 0 Å². The number of hydrogen-bond donors (Lipinski definition) is 0. The third kappa shape index (κ3) is 3.16. The van der Waals surface area contributed by atoms with Gasteiger partial charge in [-0.05, 0) is 31.5 Å². The van der Waals surface area contributed by atoms with Crippen LogP contribution in [0.3, 0.4) is 0 Å². The molecule has 1 aromatic carbocycles. The number of rotatable bonds is 2. The first-order chi connectivity index (χ1) is 10.6. The molecule has 2 fully saturated rings. The minimum atomic E-state index is -0.408. The van der Waals surface area contributed by atoms with Gasteiger partial charge in [-0.1, -0.05) is 0 Å². The van der Waals surface area contributed by atoms with E-state index < -0.39 is 6.09 Å². The molecule has 5 nitrogen and oxygen atoms in total. The molecule has 2 heterocycles. The van der Waals surface area contributed by atoms with Crippen LogP contribution in [0.1, 0.15) is 19.8 Å². The van der Waals surface area contributed by atoms with E-state index in [2.05, 4.69) is 0 Å². The molecule has 3 rings (SSSR count). The fourth-order valence-electron chi connectivity index (χ4n) is 2.84. The minimum absolute atomic E-state index is 0.0787. The molecule has 0 aromatic heterocycles. The van der Waals surface area contributed by atoms with E-state index in [-0.39, 0.29) is 11.9 Å². The van der Waals surface area contributed by atoms with Crippen molar-refractivity contribution in [3.63, 3.8) is 0 Å². The van der Waals surface area contributed by atoms with Crippen molar-refractivity contribution in [3.8, 4) is 0 Å². The molecule has 0 radical (unpaired) electrons. The van der Waals surface area contributed by atoms with Crippen LogP contribution in [0.25, 0.3) is 0 Å². The molecule has 1 atom stereocenters. The highest BCUT2D eigenvalue weighted by atomic mass is 19.1. The maximum absolute atomic E-state index is 14.5. The number of amides is 1. The standard InChI is InChI=1S/C16H21FN2O3/c1-12-5-7-19(16(20)22-12)13-3-4-15(14(17)11-13)18-6-2-9-21-10-8-18/h3-4,11-12H,2,5-10H2,1H3. The van der Waals surface area contributed by atoms with Crippen LogP contribution in [0.15, 0.2) is 18.2 Å². The Morgan fingerprint density at radius 1 is 1.23 bits per heavy atom. The zero-order valence-corrected chi connectivity index (χ0v) is 12.8. The van der Waals surface area contributed by atoms with Gasteiger partial charge in [-0.15, -0.1) is 0 Å². The molecule has 1 amide bonds. The summed E-state index contributed by atoms with van der Waals surface area (Å²) in [6, 6.07) is 4.93. The minimum Gasteiger partial charge on any atom is -0.446 e. The average molecular weight is 308 g/mol. The summed E-state index contributed by atoms with van der Waals surface area (Å²) >= 11 is 0. The van der Waals surface area contributed by atoms with Crippen LogP contribution >= 0.6 is 0 Å². The first-order valence-corrected chi connectivity index (χ1v) is 7.75. The Morgan fingerprint density at radius 2 is 2.09 bits per heavy atom. The monoisotopic (exact) mass is 308 g/mol. The van der Waals surface area contributed by atoms with Gasteiger partial charge in [-0.3, -0.25) is 4.90 Å². The van der Waals surface area contributed by atoms with Gasteiger partial charge in [-0.25, -0.2) is 9.18 Å². The highest BCUT2D eigenvalue weighted by molar-refractivity contribution is 5.88. The molecule has 0 spiro atoms. The second-order valence-electron chi connectivity index (χ2n) is 5.72. The maximum Gasteiger partial charge on any atom is 0.414 e. The van der Waals surface area contributed by atoms with Gasteiger partial charge < -0.3 is 14.4 Å². The highest BCUT2D eigenvalue weighted by Crippen LogP contribution is 2.28. The lowest BCUT2D eigenvalue weighted by Gasteiger charge is -2.30. The summed E-state index contributed by atoms with van der Waals surface area (Å²) in [7, 11) is 0. The van der Waals surface area contributed by atoms with Crippen molar-refractivity contribution in [3.05, 3.63) is 24.0 Å². The van der Waals surface area contributed by atoms with Crippen LogP contribution in [-0.2, 0) is 9.47 Å². The molecule has 0 aliphatic carbocycles. The van der Waals surface area contributed by atoms with E-state index in [0.29, 0.717) is 37.7 Å². The Bertz CT molecular complexity index is 544. The van der Waals surface area contributed by atoms with Gasteiger partial charge in [0.2, 0.25) is 0 Å². The van der Waals surface area contributed by atoms with Crippen molar-refractivity contribution < 1.29 is 18.7 Å². The quantitative estimate of drug-likeness (QED) is 0.842. The number of anilines is 2. The van der Waals surface area contributed by atoms with Gasteiger partial charge in [0.15, 0.2) is 0 Å². The highest BCUT2D eigenvalue weighted by Gasteiger charge is 2.26. The van der Waals surface area contributed by atoms with Gasteiger partial charge in [0.1, 0.15) is 11.9 Å². The van der Waals surface area contributed by atoms with Crippen molar-refractivity contribution in [1.29, 1.82) is 0 Å². The first-order valence-electron chi connectivity index (χ1n) is 7.75. The van der Waals surface area contributed by atoms with Crippen LogP contribution in [0.2, 0.25) is 0 Å². The third-order valence-corrected chi connectivity index (χ3v) is 4.09. The van der Waals surface area contributed by atoms with E-state index in [4.69, 9.17) is 9.47 Å². The molecule has 0 N–H and O–H groups in total. The molecule has 0 bridgehead atoms. The van der Waals surface area contributed by atoms with Crippen LogP contribution in [0.4, 0.5) is 20.6 Å². The largest absolute Gasteiger partial charge is 0.446 e. The Balaban J connectivity index is 1.78. The van der Waals surface area contributed by atoms with Gasteiger partial charge in [-0.2, -0.15) is 0 Å². The predicted molar refractivity (Wildman–Crippen MR) is 82.0 cm³/mol. The summed E-state index contributed by atoms with van der Waals surface area (Å²) in [5.41, 5.74) is 1.11. The lowest BCUT2D eigenvalue weighted by atomic mass is 10.2. The third-order valence-electron chi connectivity index (χ3n) is 4.09. The van der Waals surface area contributed by atoms with E-state index in [0.717, 1.165) is 19.4 Å². The first kappa shape index (κ1) is 15.1. The van der Waals surface area contributed by atoms with Crippen LogP contribution in [-0.4, -0.2) is 45.0 Å². The number of halogens is 1. The SMILES string of the molecule is CC1CCN(c2ccc(N3CCCOCC3)c(F)c2)C(=O)O1. The fourth-order valence-corrected chi connectivity index (χ4v) is 2.84. The van der Waals surface area contributed by atoms with E-state index in [1.165, 1.54) is 11.0 Å². The molecule has 0 saturated carbocycles. The number of hydrogen-bond acceptors (Lipinski definition) is 4. The summed E-state index contributed by atoms with van der Waals surface area (Å²) in [5, 5.41) is 0. The van der Waals surface area contributed by atoms with E-state index >= 15 is 0 Å². The van der Waals surface area contributed by atoms with Crippen LogP contribution < -0.4 is 9.80 Å². The van der Waals surface area contributed by atoms with Gasteiger partial charge in [0.05, 0.1) is 18.0 Å². The van der Waals surface area contributed by atoms with Gasteiger partial charge in [0.25, 0.3) is 0 Å². The van der Waals surface area contributed by atoms with Crippen LogP contribution in [0, 0.1) is 5.82 Å². The fraction of sp³-hybridized carbons (Fsp3) is 0.562. The van der Waals surface area contributed by atoms with Crippen molar-refractivity contribution in [1.82, 2.24) is 0 Å². The zero-order chi connectivity index (χ0) is 15.5. The zero-order valence-electron chi connectivity index (χ0n) is 12.8. The summed E-state index contributed by atoms with van der Waals surface area (Å²) in [5.74, 6) is -0.314. The topological polar surface area (TPSA) is 42.0 Å². The number of cyclic esters (lactones) is 1. The molecule has 2 aliphatic rings. The van der Waals surface area contributed by atoms with Crippen molar-refractivity contribution in [2.45, 2.75) is 25.9 Å². The molecule has 1 unspecified atom stereocenters. The molecule has 22 heavy (non-hydrogen) atoms. The number of nitrogens with zero attached hydrogens (tertiary/aromatic N) is 2. The Labute approximate surface area is 129 Å². The van der Waals surface area contributed by atoms with E-state index in [9.17, 15) is 9.18 Å². The molecular weight excluding hydrogens is 287 g/mol. The summed E-state index contributed by atoms with van der Waals surface area (Å²) in [6.45, 7) is 5.20. The molecule has 2 aliphatic heterocycles. The second-order valence-corrected chi connectivity index (χ2v) is 5.72. The molecule has 1 aromatic rings. The molecule has 6 heteroatoms. The Kier molecular flexibility index (Phi) is 4.47. The number of benzene rings is 1. The summed E-state index contributed by atoms with van der Waals surface area (Å²) in [6.07, 6.45) is 1.15. The Hall–Kier alpha value is -1.82. The van der Waals surface area contributed by atoms with Crippen molar-refractivity contribution >= 4 is 17.5 Å². The molecule has 120 valence electrons. The van der Waals surface area contributed by atoms with E-state index in [1.807, 2.05) is 11.8 Å². The predicted octanol–water partition coefficient (Wildman–Crippen LogP) is 2.79. The average Bonchev–Trinajstić information content (AvgIpc) is 2.76. The summed E-state index contributed by atoms with van der Waals surface area (Å²) in [4.78, 5) is 15.4. The molecular formula is C16H21FN2O3. The van der Waals surface area contributed by atoms with Gasteiger partial charge >= 0.3 is 6.09 Å². The number of carbonyl (C=O) groups is 1. The second kappa shape index (κ2) is 6.52. The summed E-state index contributed by atoms with van der Waals surface area (Å²) < 4.78 is 25.1.